The van der Waals surface area contributed by atoms with Crippen LogP contribution in [0.5, 0.6) is 0 Å². The van der Waals surface area contributed by atoms with Gasteiger partial charge in [-0.25, -0.2) is 0 Å². The number of methoxy groups -OCH3 is 1. The van der Waals surface area contributed by atoms with Crippen LogP contribution in [0.15, 0.2) is 24.3 Å². The zero-order valence-corrected chi connectivity index (χ0v) is 10.7. The first-order valence-corrected chi connectivity index (χ1v) is 6.13. The largest absolute Gasteiger partial charge is 0.382 e. The minimum atomic E-state index is -0.180. The fraction of sp³-hybridized carbons (Fsp3) is 0.429. The molecule has 1 atom stereocenters. The molecule has 1 heterocycles. The smallest absolute Gasteiger partial charge is 0.261 e. The maximum atomic E-state index is 12.0. The molecule has 0 bridgehead atoms. The minimum Gasteiger partial charge on any atom is -0.382 e. The summed E-state index contributed by atoms with van der Waals surface area (Å²) in [6.07, 6.45) is 1.75. The third-order valence-corrected chi connectivity index (χ3v) is 3.27. The molecule has 4 nitrogen and oxygen atoms in total. The Hall–Kier alpha value is -1.68. The topological polar surface area (TPSA) is 46.6 Å². The number of imide groups is 1. The highest BCUT2D eigenvalue weighted by atomic mass is 16.5. The molecule has 1 aliphatic heterocycles. The number of amides is 2. The average Bonchev–Trinajstić information content (AvgIpc) is 2.64. The highest BCUT2D eigenvalue weighted by Crippen LogP contribution is 2.22. The van der Waals surface area contributed by atoms with Gasteiger partial charge >= 0.3 is 0 Å². The van der Waals surface area contributed by atoms with Gasteiger partial charge in [-0.05, 0) is 31.9 Å². The summed E-state index contributed by atoms with van der Waals surface area (Å²) < 4.78 is 5.14. The molecule has 1 aromatic carbocycles. The van der Waals surface area contributed by atoms with Gasteiger partial charge in [0.25, 0.3) is 11.8 Å². The van der Waals surface area contributed by atoms with Crippen molar-refractivity contribution >= 4 is 11.8 Å². The molecular formula is C14H17NO3. The summed E-state index contributed by atoms with van der Waals surface area (Å²) >= 11 is 0. The monoisotopic (exact) mass is 247 g/mol. The van der Waals surface area contributed by atoms with Crippen LogP contribution in [-0.4, -0.2) is 36.5 Å². The SMILES string of the molecule is COC(C)CCCN1C(=O)c2ccccc2C1=O. The second-order valence-corrected chi connectivity index (χ2v) is 4.50. The predicted octanol–water partition coefficient (Wildman–Crippen LogP) is 2.10. The van der Waals surface area contributed by atoms with E-state index in [9.17, 15) is 9.59 Å². The van der Waals surface area contributed by atoms with Crippen molar-refractivity contribution < 1.29 is 14.3 Å². The summed E-state index contributed by atoms with van der Waals surface area (Å²) in [5, 5.41) is 0. The molecule has 0 N–H and O–H groups in total. The van der Waals surface area contributed by atoms with Gasteiger partial charge in [0.2, 0.25) is 0 Å². The van der Waals surface area contributed by atoms with Crippen molar-refractivity contribution in [2.45, 2.75) is 25.9 Å². The van der Waals surface area contributed by atoms with Gasteiger partial charge in [-0.3, -0.25) is 14.5 Å². The van der Waals surface area contributed by atoms with Crippen molar-refractivity contribution in [1.29, 1.82) is 0 Å². The van der Waals surface area contributed by atoms with E-state index in [1.807, 2.05) is 6.92 Å². The lowest BCUT2D eigenvalue weighted by Gasteiger charge is -2.15. The summed E-state index contributed by atoms with van der Waals surface area (Å²) in [5.74, 6) is -0.360. The zero-order chi connectivity index (χ0) is 13.1. The van der Waals surface area contributed by atoms with E-state index in [4.69, 9.17) is 4.74 Å². The summed E-state index contributed by atoms with van der Waals surface area (Å²) in [6, 6.07) is 6.96. The molecule has 18 heavy (non-hydrogen) atoms. The van der Waals surface area contributed by atoms with Gasteiger partial charge in [0, 0.05) is 13.7 Å². The lowest BCUT2D eigenvalue weighted by atomic mass is 10.1. The Kier molecular flexibility index (Phi) is 3.77. The highest BCUT2D eigenvalue weighted by molar-refractivity contribution is 6.21. The maximum Gasteiger partial charge on any atom is 0.261 e. The Morgan fingerprint density at radius 3 is 2.22 bits per heavy atom. The van der Waals surface area contributed by atoms with Gasteiger partial charge < -0.3 is 4.74 Å². The molecule has 0 radical (unpaired) electrons. The van der Waals surface area contributed by atoms with E-state index in [0.29, 0.717) is 17.7 Å². The Labute approximate surface area is 107 Å². The molecule has 2 amide bonds. The van der Waals surface area contributed by atoms with Crippen LogP contribution in [0.4, 0.5) is 0 Å². The van der Waals surface area contributed by atoms with Crippen LogP contribution < -0.4 is 0 Å². The van der Waals surface area contributed by atoms with Crippen LogP contribution in [0, 0.1) is 0 Å². The molecule has 0 saturated carbocycles. The van der Waals surface area contributed by atoms with E-state index in [-0.39, 0.29) is 17.9 Å². The van der Waals surface area contributed by atoms with E-state index in [1.54, 1.807) is 31.4 Å². The van der Waals surface area contributed by atoms with E-state index in [0.717, 1.165) is 12.8 Å². The zero-order valence-electron chi connectivity index (χ0n) is 10.7. The molecule has 0 fully saturated rings. The summed E-state index contributed by atoms with van der Waals surface area (Å²) in [6.45, 7) is 2.43. The first kappa shape index (κ1) is 12.8. The van der Waals surface area contributed by atoms with Crippen molar-refractivity contribution in [2.75, 3.05) is 13.7 Å². The number of rotatable bonds is 5. The Morgan fingerprint density at radius 2 is 1.72 bits per heavy atom. The number of fused-ring (bicyclic) bond motifs is 1. The normalized spacial score (nSPS) is 16.0. The molecule has 4 heteroatoms. The van der Waals surface area contributed by atoms with Crippen molar-refractivity contribution in [3.05, 3.63) is 35.4 Å². The standard InChI is InChI=1S/C14H17NO3/c1-10(18-2)6-5-9-15-13(16)11-7-3-4-8-12(11)14(15)17/h3-4,7-8,10H,5-6,9H2,1-2H3. The van der Waals surface area contributed by atoms with Crippen LogP contribution in [-0.2, 0) is 4.74 Å². The minimum absolute atomic E-state index is 0.153. The van der Waals surface area contributed by atoms with Gasteiger partial charge in [-0.2, -0.15) is 0 Å². The molecule has 1 unspecified atom stereocenters. The molecule has 0 aliphatic carbocycles. The van der Waals surface area contributed by atoms with E-state index in [2.05, 4.69) is 0 Å². The average molecular weight is 247 g/mol. The highest BCUT2D eigenvalue weighted by Gasteiger charge is 2.34. The van der Waals surface area contributed by atoms with Crippen molar-refractivity contribution in [3.8, 4) is 0 Å². The van der Waals surface area contributed by atoms with E-state index in [1.165, 1.54) is 4.90 Å². The number of nitrogens with zero attached hydrogens (tertiary/aromatic N) is 1. The fourth-order valence-electron chi connectivity index (χ4n) is 2.10. The summed E-state index contributed by atoms with van der Waals surface area (Å²) in [4.78, 5) is 25.4. The number of hydrogen-bond donors (Lipinski definition) is 0. The molecule has 2 rings (SSSR count). The third kappa shape index (κ3) is 2.29. The van der Waals surface area contributed by atoms with Gasteiger partial charge in [0.15, 0.2) is 0 Å². The fourth-order valence-corrected chi connectivity index (χ4v) is 2.10. The second kappa shape index (κ2) is 5.31. The summed E-state index contributed by atoms with van der Waals surface area (Å²) in [5.41, 5.74) is 1.03. The van der Waals surface area contributed by atoms with Crippen molar-refractivity contribution in [2.24, 2.45) is 0 Å². The second-order valence-electron chi connectivity index (χ2n) is 4.50. The molecule has 1 aromatic rings. The van der Waals surface area contributed by atoms with E-state index < -0.39 is 0 Å². The maximum absolute atomic E-state index is 12.0. The van der Waals surface area contributed by atoms with Crippen LogP contribution in [0.2, 0.25) is 0 Å². The van der Waals surface area contributed by atoms with Crippen molar-refractivity contribution in [3.63, 3.8) is 0 Å². The van der Waals surface area contributed by atoms with Crippen LogP contribution in [0.1, 0.15) is 40.5 Å². The first-order valence-electron chi connectivity index (χ1n) is 6.13. The van der Waals surface area contributed by atoms with Crippen LogP contribution >= 0.6 is 0 Å². The number of carbonyl (C=O) groups excluding carboxylic acids is 2. The Bertz CT molecular complexity index is 435. The lowest BCUT2D eigenvalue weighted by molar-refractivity contribution is 0.0632. The number of benzene rings is 1. The van der Waals surface area contributed by atoms with Gasteiger partial charge in [-0.1, -0.05) is 12.1 Å². The van der Waals surface area contributed by atoms with E-state index >= 15 is 0 Å². The van der Waals surface area contributed by atoms with Crippen molar-refractivity contribution in [1.82, 2.24) is 4.90 Å². The quantitative estimate of drug-likeness (QED) is 0.748. The molecule has 0 aromatic heterocycles. The van der Waals surface area contributed by atoms with Crippen LogP contribution in [0.3, 0.4) is 0 Å². The molecule has 96 valence electrons. The third-order valence-electron chi connectivity index (χ3n) is 3.27. The number of carbonyl (C=O) groups is 2. The van der Waals surface area contributed by atoms with Gasteiger partial charge in [-0.15, -0.1) is 0 Å². The number of ether oxygens (including phenoxy) is 1. The van der Waals surface area contributed by atoms with Gasteiger partial charge in [0.1, 0.15) is 0 Å². The molecule has 1 aliphatic rings. The lowest BCUT2D eigenvalue weighted by Crippen LogP contribution is -2.31. The molecular weight excluding hydrogens is 230 g/mol. The Balaban J connectivity index is 2.01. The van der Waals surface area contributed by atoms with Gasteiger partial charge in [0.05, 0.1) is 17.2 Å². The first-order chi connectivity index (χ1) is 8.65. The Morgan fingerprint density at radius 1 is 1.17 bits per heavy atom. The molecule has 0 spiro atoms. The molecule has 0 saturated heterocycles. The summed E-state index contributed by atoms with van der Waals surface area (Å²) in [7, 11) is 1.66. The number of hydrogen-bond acceptors (Lipinski definition) is 3. The predicted molar refractivity (Wildman–Crippen MR) is 67.5 cm³/mol. The van der Waals surface area contributed by atoms with Crippen LogP contribution in [0.25, 0.3) is 0 Å².